The van der Waals surface area contributed by atoms with Crippen LogP contribution in [0.1, 0.15) is 19.3 Å². The molecular formula is C21H23N3O6. The average Bonchev–Trinajstić information content (AvgIpc) is 3.15. The van der Waals surface area contributed by atoms with Crippen molar-refractivity contribution in [1.29, 1.82) is 0 Å². The summed E-state index contributed by atoms with van der Waals surface area (Å²) in [6.45, 7) is 0.331. The zero-order chi connectivity index (χ0) is 21.3. The van der Waals surface area contributed by atoms with E-state index in [9.17, 15) is 14.4 Å². The molecular weight excluding hydrogens is 390 g/mol. The Morgan fingerprint density at radius 2 is 2.07 bits per heavy atom. The summed E-state index contributed by atoms with van der Waals surface area (Å²) < 4.78 is 17.2. The summed E-state index contributed by atoms with van der Waals surface area (Å²) in [7, 11) is 2.87. The van der Waals surface area contributed by atoms with Crippen molar-refractivity contribution >= 4 is 33.9 Å². The molecule has 0 bridgehead atoms. The molecule has 1 aliphatic rings. The quantitative estimate of drug-likeness (QED) is 0.632. The predicted octanol–water partition coefficient (Wildman–Crippen LogP) is 2.35. The molecule has 1 saturated heterocycles. The van der Waals surface area contributed by atoms with Gasteiger partial charge >= 0.3 is 6.09 Å². The molecule has 2 atom stereocenters. The van der Waals surface area contributed by atoms with E-state index in [0.29, 0.717) is 17.6 Å². The van der Waals surface area contributed by atoms with Crippen LogP contribution in [0, 0.1) is 0 Å². The molecule has 0 spiro atoms. The van der Waals surface area contributed by atoms with Crippen LogP contribution in [0.25, 0.3) is 22.1 Å². The molecule has 3 heterocycles. The highest BCUT2D eigenvalue weighted by Gasteiger charge is 2.36. The number of aromatic nitrogens is 2. The van der Waals surface area contributed by atoms with Crippen molar-refractivity contribution in [2.24, 2.45) is 0 Å². The van der Waals surface area contributed by atoms with Crippen molar-refractivity contribution in [2.75, 3.05) is 20.8 Å². The number of carbonyl (C=O) groups is 2. The van der Waals surface area contributed by atoms with E-state index in [1.807, 2.05) is 18.2 Å². The summed E-state index contributed by atoms with van der Waals surface area (Å²) in [5.41, 5.74) is 0.749. The molecule has 1 aromatic carbocycles. The first kappa shape index (κ1) is 20.1. The number of amides is 1. The number of hydrogen-bond acceptors (Lipinski definition) is 7. The fourth-order valence-corrected chi connectivity index (χ4v) is 4.10. The van der Waals surface area contributed by atoms with Gasteiger partial charge in [0.05, 0.1) is 32.1 Å². The van der Waals surface area contributed by atoms with Gasteiger partial charge in [-0.15, -0.1) is 0 Å². The van der Waals surface area contributed by atoms with E-state index in [1.54, 1.807) is 13.2 Å². The molecule has 0 aliphatic carbocycles. The molecule has 1 aliphatic heterocycles. The van der Waals surface area contributed by atoms with Gasteiger partial charge < -0.3 is 18.8 Å². The van der Waals surface area contributed by atoms with Crippen LogP contribution in [0.4, 0.5) is 4.79 Å². The van der Waals surface area contributed by atoms with E-state index in [1.165, 1.54) is 22.9 Å². The largest absolute Gasteiger partial charge is 0.453 e. The molecule has 2 aromatic heterocycles. The van der Waals surface area contributed by atoms with Gasteiger partial charge in [-0.2, -0.15) is 0 Å². The van der Waals surface area contributed by atoms with Crippen LogP contribution in [0.15, 0.2) is 39.8 Å². The first-order chi connectivity index (χ1) is 14.5. The number of methoxy groups -OCH3 is 2. The van der Waals surface area contributed by atoms with E-state index in [-0.39, 0.29) is 30.4 Å². The summed E-state index contributed by atoms with van der Waals surface area (Å²) in [6, 6.07) is 6.82. The summed E-state index contributed by atoms with van der Waals surface area (Å²) in [4.78, 5) is 43.6. The second-order valence-corrected chi connectivity index (χ2v) is 7.34. The molecule has 0 N–H and O–H groups in total. The third kappa shape index (κ3) is 3.56. The molecule has 30 heavy (non-hydrogen) atoms. The lowest BCUT2D eigenvalue weighted by Crippen LogP contribution is -2.52. The highest BCUT2D eigenvalue weighted by molar-refractivity contribution is 6.01. The Morgan fingerprint density at radius 1 is 1.27 bits per heavy atom. The van der Waals surface area contributed by atoms with Crippen molar-refractivity contribution < 1.29 is 23.5 Å². The molecule has 9 nitrogen and oxygen atoms in total. The van der Waals surface area contributed by atoms with Crippen LogP contribution in [0.3, 0.4) is 0 Å². The number of benzene rings is 1. The van der Waals surface area contributed by atoms with E-state index >= 15 is 0 Å². The minimum atomic E-state index is -0.489. The number of ether oxygens (including phenoxy) is 2. The van der Waals surface area contributed by atoms with Gasteiger partial charge in [-0.05, 0) is 25.0 Å². The smallest absolute Gasteiger partial charge is 0.409 e. The first-order valence-corrected chi connectivity index (χ1v) is 9.79. The number of likely N-dealkylation sites (tertiary alicyclic amines) is 1. The van der Waals surface area contributed by atoms with E-state index in [4.69, 9.17) is 13.9 Å². The van der Waals surface area contributed by atoms with Crippen LogP contribution in [-0.2, 0) is 20.8 Å². The third-order valence-electron chi connectivity index (χ3n) is 5.56. The maximum absolute atomic E-state index is 12.8. The summed E-state index contributed by atoms with van der Waals surface area (Å²) >= 11 is 0. The third-order valence-corrected chi connectivity index (χ3v) is 5.56. The summed E-state index contributed by atoms with van der Waals surface area (Å²) in [5.74, 6) is -0.211. The number of rotatable bonds is 5. The number of piperidine rings is 1. The predicted molar refractivity (Wildman–Crippen MR) is 108 cm³/mol. The van der Waals surface area contributed by atoms with Crippen molar-refractivity contribution in [2.45, 2.75) is 38.0 Å². The normalized spacial score (nSPS) is 19.3. The van der Waals surface area contributed by atoms with Gasteiger partial charge in [0.1, 0.15) is 11.1 Å². The topological polar surface area (TPSA) is 104 Å². The Kier molecular flexibility index (Phi) is 5.54. The first-order valence-electron chi connectivity index (χ1n) is 9.79. The standard InChI is InChI=1S/C21H23N3O6/c1-28-17-8-5-9-24(21(27)29-2)15(17)10-13(25)11-23-12-22-18-14-6-3-4-7-16(14)30-19(18)20(23)26/h3-4,6-7,12,15,17H,5,8-11H2,1-2H3/t15-,17+/m1/s1. The van der Waals surface area contributed by atoms with Crippen LogP contribution in [0.2, 0.25) is 0 Å². The molecule has 1 amide bonds. The van der Waals surface area contributed by atoms with Crippen molar-refractivity contribution in [3.05, 3.63) is 40.9 Å². The van der Waals surface area contributed by atoms with Gasteiger partial charge in [0.2, 0.25) is 5.58 Å². The van der Waals surface area contributed by atoms with E-state index in [2.05, 4.69) is 4.98 Å². The maximum Gasteiger partial charge on any atom is 0.409 e. The van der Waals surface area contributed by atoms with Gasteiger partial charge in [-0.1, -0.05) is 12.1 Å². The van der Waals surface area contributed by atoms with Crippen molar-refractivity contribution in [1.82, 2.24) is 14.5 Å². The number of fused-ring (bicyclic) bond motifs is 3. The molecule has 4 rings (SSSR count). The fourth-order valence-electron chi connectivity index (χ4n) is 4.10. The average molecular weight is 413 g/mol. The summed E-state index contributed by atoms with van der Waals surface area (Å²) in [5, 5.41) is 0.752. The monoisotopic (exact) mass is 413 g/mol. The van der Waals surface area contributed by atoms with Gasteiger partial charge in [0.15, 0.2) is 5.78 Å². The van der Waals surface area contributed by atoms with Gasteiger partial charge in [-0.25, -0.2) is 9.78 Å². The molecule has 0 radical (unpaired) electrons. The Bertz CT molecular complexity index is 1150. The number of furan rings is 1. The zero-order valence-corrected chi connectivity index (χ0v) is 16.9. The Morgan fingerprint density at radius 3 is 2.83 bits per heavy atom. The lowest BCUT2D eigenvalue weighted by Gasteiger charge is -2.39. The lowest BCUT2D eigenvalue weighted by molar-refractivity contribution is -0.122. The van der Waals surface area contributed by atoms with Gasteiger partial charge in [-0.3, -0.25) is 14.2 Å². The number of hydrogen-bond donors (Lipinski definition) is 0. The minimum Gasteiger partial charge on any atom is -0.453 e. The van der Waals surface area contributed by atoms with Crippen molar-refractivity contribution in [3.63, 3.8) is 0 Å². The second-order valence-electron chi connectivity index (χ2n) is 7.34. The van der Waals surface area contributed by atoms with Crippen LogP contribution >= 0.6 is 0 Å². The number of ketones is 1. The van der Waals surface area contributed by atoms with Crippen LogP contribution in [-0.4, -0.2) is 59.2 Å². The van der Waals surface area contributed by atoms with Gasteiger partial charge in [0, 0.05) is 25.5 Å². The maximum atomic E-state index is 12.8. The SMILES string of the molecule is COC(=O)N1CCC[C@H](OC)[C@H]1CC(=O)Cn1cnc2c(oc3ccccc32)c1=O. The number of carbonyl (C=O) groups excluding carboxylic acids is 2. The van der Waals surface area contributed by atoms with E-state index < -0.39 is 17.7 Å². The summed E-state index contributed by atoms with van der Waals surface area (Å²) in [6.07, 6.45) is 2.17. The highest BCUT2D eigenvalue weighted by atomic mass is 16.5. The number of nitrogens with zero attached hydrogens (tertiary/aromatic N) is 3. The number of para-hydroxylation sites is 1. The Hall–Kier alpha value is -3.20. The molecule has 3 aromatic rings. The zero-order valence-electron chi connectivity index (χ0n) is 16.9. The van der Waals surface area contributed by atoms with Crippen LogP contribution in [0.5, 0.6) is 0 Å². The minimum absolute atomic E-state index is 0.0538. The molecule has 0 saturated carbocycles. The van der Waals surface area contributed by atoms with Gasteiger partial charge in [0.25, 0.3) is 5.56 Å². The van der Waals surface area contributed by atoms with E-state index in [0.717, 1.165) is 18.2 Å². The van der Waals surface area contributed by atoms with Crippen molar-refractivity contribution in [3.8, 4) is 0 Å². The fraction of sp³-hybridized carbons (Fsp3) is 0.429. The Balaban J connectivity index is 1.57. The number of Topliss-reactive ketones (excluding diaryl/α,β-unsaturated/α-hetero) is 1. The molecule has 9 heteroatoms. The molecule has 158 valence electrons. The molecule has 1 fully saturated rings. The van der Waals surface area contributed by atoms with Crippen LogP contribution < -0.4 is 5.56 Å². The second kappa shape index (κ2) is 8.27. The Labute approximate surface area is 172 Å². The lowest BCUT2D eigenvalue weighted by atomic mass is 9.94. The highest BCUT2D eigenvalue weighted by Crippen LogP contribution is 2.25. The molecule has 0 unspecified atom stereocenters.